The van der Waals surface area contributed by atoms with Gasteiger partial charge < -0.3 is 5.32 Å². The Labute approximate surface area is 173 Å². The first-order chi connectivity index (χ1) is 13.9. The molecule has 0 spiro atoms. The fourth-order valence-corrected chi connectivity index (χ4v) is 4.74. The highest BCUT2D eigenvalue weighted by molar-refractivity contribution is 7.89. The van der Waals surface area contributed by atoms with Crippen LogP contribution in [-0.4, -0.2) is 55.8 Å². The number of nitrogens with zero attached hydrogens (tertiary/aromatic N) is 2. The predicted octanol–water partition coefficient (Wildman–Crippen LogP) is 2.72. The smallest absolute Gasteiger partial charge is 0.251 e. The van der Waals surface area contributed by atoms with Gasteiger partial charge in [0.05, 0.1) is 4.90 Å². The van der Waals surface area contributed by atoms with Crippen molar-refractivity contribution >= 4 is 15.9 Å². The number of piperazine rings is 1. The van der Waals surface area contributed by atoms with Crippen LogP contribution >= 0.6 is 0 Å². The molecule has 1 heterocycles. The molecule has 1 unspecified atom stereocenters. The molecule has 1 fully saturated rings. The Balaban J connectivity index is 1.54. The molecule has 156 valence electrons. The first-order valence-electron chi connectivity index (χ1n) is 10.1. The fraction of sp³-hybridized carbons (Fsp3) is 0.409. The van der Waals surface area contributed by atoms with Crippen molar-refractivity contribution in [1.29, 1.82) is 0 Å². The standard InChI is InChI=1S/C22H29N3O3S/c1-3-18(2)23-22(26)20-11-9-19(10-12-20)17-24-13-15-25(16-14-24)29(27,28)21-7-5-4-6-8-21/h4-12,18H,3,13-17H2,1-2H3,(H,23,26). The summed E-state index contributed by atoms with van der Waals surface area (Å²) in [7, 11) is -3.42. The lowest BCUT2D eigenvalue weighted by Gasteiger charge is -2.34. The van der Waals surface area contributed by atoms with E-state index in [2.05, 4.69) is 10.2 Å². The third-order valence-corrected chi connectivity index (χ3v) is 7.24. The zero-order valence-corrected chi connectivity index (χ0v) is 17.9. The van der Waals surface area contributed by atoms with Crippen molar-refractivity contribution in [1.82, 2.24) is 14.5 Å². The van der Waals surface area contributed by atoms with Gasteiger partial charge in [0.2, 0.25) is 10.0 Å². The van der Waals surface area contributed by atoms with Gasteiger partial charge in [0.25, 0.3) is 5.91 Å². The van der Waals surface area contributed by atoms with Gasteiger partial charge in [0, 0.05) is 44.3 Å². The summed E-state index contributed by atoms with van der Waals surface area (Å²) in [6.07, 6.45) is 0.899. The lowest BCUT2D eigenvalue weighted by atomic mass is 10.1. The number of hydrogen-bond acceptors (Lipinski definition) is 4. The lowest BCUT2D eigenvalue weighted by Crippen LogP contribution is -2.48. The van der Waals surface area contributed by atoms with Crippen molar-refractivity contribution in [3.63, 3.8) is 0 Å². The summed E-state index contributed by atoms with van der Waals surface area (Å²) in [5, 5.41) is 2.97. The Morgan fingerprint density at radius 2 is 1.62 bits per heavy atom. The van der Waals surface area contributed by atoms with E-state index < -0.39 is 10.0 Å². The van der Waals surface area contributed by atoms with E-state index in [1.807, 2.05) is 44.2 Å². The molecule has 6 nitrogen and oxygen atoms in total. The van der Waals surface area contributed by atoms with Gasteiger partial charge in [-0.3, -0.25) is 9.69 Å². The van der Waals surface area contributed by atoms with Crippen LogP contribution < -0.4 is 5.32 Å². The molecule has 0 bridgehead atoms. The van der Waals surface area contributed by atoms with Crippen molar-refractivity contribution in [3.8, 4) is 0 Å². The summed E-state index contributed by atoms with van der Waals surface area (Å²) < 4.78 is 27.0. The normalized spacial score (nSPS) is 17.0. The molecule has 3 rings (SSSR count). The molecule has 0 saturated carbocycles. The van der Waals surface area contributed by atoms with E-state index in [1.54, 1.807) is 28.6 Å². The van der Waals surface area contributed by atoms with Crippen LogP contribution in [0.1, 0.15) is 36.2 Å². The van der Waals surface area contributed by atoms with Crippen LogP contribution in [0.25, 0.3) is 0 Å². The highest BCUT2D eigenvalue weighted by Gasteiger charge is 2.28. The molecule has 0 radical (unpaired) electrons. The SMILES string of the molecule is CCC(C)NC(=O)c1ccc(CN2CCN(S(=O)(=O)c3ccccc3)CC2)cc1. The number of carbonyl (C=O) groups excluding carboxylic acids is 1. The minimum Gasteiger partial charge on any atom is -0.350 e. The van der Waals surface area contributed by atoms with E-state index >= 15 is 0 Å². The van der Waals surface area contributed by atoms with Gasteiger partial charge in [-0.1, -0.05) is 37.3 Å². The average Bonchev–Trinajstić information content (AvgIpc) is 2.75. The molecule has 0 aromatic heterocycles. The summed E-state index contributed by atoms with van der Waals surface area (Å²) in [4.78, 5) is 14.8. The van der Waals surface area contributed by atoms with Crippen molar-refractivity contribution in [2.24, 2.45) is 0 Å². The number of benzene rings is 2. The number of nitrogens with one attached hydrogen (secondary N) is 1. The van der Waals surface area contributed by atoms with Crippen LogP contribution in [0.15, 0.2) is 59.5 Å². The maximum absolute atomic E-state index is 12.7. The minimum absolute atomic E-state index is 0.0503. The molecule has 1 amide bonds. The van der Waals surface area contributed by atoms with Gasteiger partial charge in [-0.2, -0.15) is 4.31 Å². The van der Waals surface area contributed by atoms with E-state index in [0.717, 1.165) is 18.5 Å². The summed E-state index contributed by atoms with van der Waals surface area (Å²) in [6, 6.07) is 16.4. The Kier molecular flexibility index (Phi) is 7.05. The third kappa shape index (κ3) is 5.44. The van der Waals surface area contributed by atoms with E-state index in [1.165, 1.54) is 0 Å². The number of rotatable bonds is 7. The molecule has 1 atom stereocenters. The quantitative estimate of drug-likeness (QED) is 0.755. The summed E-state index contributed by atoms with van der Waals surface area (Å²) in [5.74, 6) is -0.0503. The van der Waals surface area contributed by atoms with Crippen molar-refractivity contribution in [3.05, 3.63) is 65.7 Å². The lowest BCUT2D eigenvalue weighted by molar-refractivity contribution is 0.0939. The van der Waals surface area contributed by atoms with Gasteiger partial charge in [0.1, 0.15) is 0 Å². The minimum atomic E-state index is -3.42. The van der Waals surface area contributed by atoms with Gasteiger partial charge in [-0.15, -0.1) is 0 Å². The number of sulfonamides is 1. The molecular weight excluding hydrogens is 386 g/mol. The Bertz CT molecular complexity index is 906. The first kappa shape index (κ1) is 21.5. The first-order valence-corrected chi connectivity index (χ1v) is 11.5. The Morgan fingerprint density at radius 1 is 1.00 bits per heavy atom. The zero-order chi connectivity index (χ0) is 20.9. The van der Waals surface area contributed by atoms with Crippen LogP contribution in [-0.2, 0) is 16.6 Å². The monoisotopic (exact) mass is 415 g/mol. The fourth-order valence-electron chi connectivity index (χ4n) is 3.30. The van der Waals surface area contributed by atoms with Crippen LogP contribution in [0.4, 0.5) is 0 Å². The highest BCUT2D eigenvalue weighted by atomic mass is 32.2. The number of amides is 1. The second kappa shape index (κ2) is 9.52. The van der Waals surface area contributed by atoms with E-state index in [9.17, 15) is 13.2 Å². The maximum Gasteiger partial charge on any atom is 0.251 e. The zero-order valence-electron chi connectivity index (χ0n) is 17.0. The van der Waals surface area contributed by atoms with Gasteiger partial charge in [-0.05, 0) is 43.2 Å². The molecule has 2 aromatic carbocycles. The molecular formula is C22H29N3O3S. The van der Waals surface area contributed by atoms with Gasteiger partial charge in [0.15, 0.2) is 0 Å². The van der Waals surface area contributed by atoms with Crippen LogP contribution in [0.2, 0.25) is 0 Å². The second-order valence-corrected chi connectivity index (χ2v) is 9.41. The van der Waals surface area contributed by atoms with Gasteiger partial charge >= 0.3 is 0 Å². The molecule has 1 N–H and O–H groups in total. The van der Waals surface area contributed by atoms with Crippen molar-refractivity contribution < 1.29 is 13.2 Å². The molecule has 1 saturated heterocycles. The molecule has 29 heavy (non-hydrogen) atoms. The number of hydrogen-bond donors (Lipinski definition) is 1. The van der Waals surface area contributed by atoms with E-state index in [-0.39, 0.29) is 11.9 Å². The Morgan fingerprint density at radius 3 is 2.21 bits per heavy atom. The average molecular weight is 416 g/mol. The van der Waals surface area contributed by atoms with Crippen LogP contribution in [0.5, 0.6) is 0 Å². The summed E-state index contributed by atoms with van der Waals surface area (Å²) in [5.41, 5.74) is 1.78. The summed E-state index contributed by atoms with van der Waals surface area (Å²) in [6.45, 7) is 7.10. The molecule has 0 aliphatic carbocycles. The number of carbonyl (C=O) groups is 1. The Hall–Kier alpha value is -2.22. The second-order valence-electron chi connectivity index (χ2n) is 7.47. The van der Waals surface area contributed by atoms with Crippen molar-refractivity contribution in [2.45, 2.75) is 37.8 Å². The molecule has 1 aliphatic heterocycles. The topological polar surface area (TPSA) is 69.7 Å². The van der Waals surface area contributed by atoms with Gasteiger partial charge in [-0.25, -0.2) is 8.42 Å². The molecule has 1 aliphatic rings. The van der Waals surface area contributed by atoms with E-state index in [0.29, 0.717) is 36.6 Å². The van der Waals surface area contributed by atoms with Crippen molar-refractivity contribution in [2.75, 3.05) is 26.2 Å². The maximum atomic E-state index is 12.7. The van der Waals surface area contributed by atoms with E-state index in [4.69, 9.17) is 0 Å². The largest absolute Gasteiger partial charge is 0.350 e. The van der Waals surface area contributed by atoms with Crippen LogP contribution in [0, 0.1) is 0 Å². The summed E-state index contributed by atoms with van der Waals surface area (Å²) >= 11 is 0. The highest BCUT2D eigenvalue weighted by Crippen LogP contribution is 2.18. The molecule has 2 aromatic rings. The van der Waals surface area contributed by atoms with Crippen LogP contribution in [0.3, 0.4) is 0 Å². The molecule has 7 heteroatoms. The third-order valence-electron chi connectivity index (χ3n) is 5.32. The predicted molar refractivity (Wildman–Crippen MR) is 114 cm³/mol.